The molecular formula is C15H12F3N5O2. The van der Waals surface area contributed by atoms with Crippen LogP contribution in [0.1, 0.15) is 21.9 Å². The second-order valence-electron chi connectivity index (χ2n) is 5.22. The summed E-state index contributed by atoms with van der Waals surface area (Å²) in [6, 6.07) is 6.50. The van der Waals surface area contributed by atoms with Gasteiger partial charge in [0, 0.05) is 11.8 Å². The number of rotatable bonds is 3. The molecule has 1 amide bonds. The molecule has 1 aromatic carbocycles. The number of ether oxygens (including phenoxy) is 1. The molecule has 2 aromatic heterocycles. The molecule has 2 heterocycles. The van der Waals surface area contributed by atoms with Crippen molar-refractivity contribution in [3.63, 3.8) is 0 Å². The molecule has 0 aliphatic carbocycles. The number of alkyl halides is 3. The lowest BCUT2D eigenvalue weighted by Gasteiger charge is -2.10. The summed E-state index contributed by atoms with van der Waals surface area (Å²) in [7, 11) is 0. The molecule has 0 radical (unpaired) electrons. The first-order valence-electron chi connectivity index (χ1n) is 7.10. The number of anilines is 1. The number of nitrogens with zero attached hydrogens (tertiary/aromatic N) is 4. The van der Waals surface area contributed by atoms with Crippen LogP contribution in [-0.2, 0) is 0 Å². The van der Waals surface area contributed by atoms with E-state index in [9.17, 15) is 18.0 Å². The van der Waals surface area contributed by atoms with E-state index in [2.05, 4.69) is 25.3 Å². The second kappa shape index (κ2) is 6.04. The van der Waals surface area contributed by atoms with Crippen LogP contribution in [-0.4, -0.2) is 32.1 Å². The maximum atomic E-state index is 12.3. The van der Waals surface area contributed by atoms with Gasteiger partial charge in [0.1, 0.15) is 5.75 Å². The van der Waals surface area contributed by atoms with Crippen molar-refractivity contribution >= 4 is 17.2 Å². The molecule has 25 heavy (non-hydrogen) atoms. The topological polar surface area (TPSA) is 81.4 Å². The lowest BCUT2D eigenvalue weighted by Crippen LogP contribution is -2.19. The van der Waals surface area contributed by atoms with Crippen LogP contribution in [0, 0.1) is 13.8 Å². The summed E-state index contributed by atoms with van der Waals surface area (Å²) in [4.78, 5) is 12.3. The van der Waals surface area contributed by atoms with Crippen LogP contribution in [0.3, 0.4) is 0 Å². The molecule has 0 atom stereocenters. The quantitative estimate of drug-likeness (QED) is 0.785. The Morgan fingerprint density at radius 2 is 1.84 bits per heavy atom. The predicted molar refractivity (Wildman–Crippen MR) is 81.3 cm³/mol. The molecule has 0 unspecified atom stereocenters. The number of carbonyl (C=O) groups is 1. The summed E-state index contributed by atoms with van der Waals surface area (Å²) >= 11 is 0. The molecule has 0 aliphatic heterocycles. The van der Waals surface area contributed by atoms with Crippen molar-refractivity contribution in [2.24, 2.45) is 0 Å². The SMILES string of the molecule is Cc1cc2nnc(C(=O)Nc3ccc(OC(F)(F)F)cc3)c(C)n2n1. The molecule has 7 nitrogen and oxygen atoms in total. The second-order valence-corrected chi connectivity index (χ2v) is 5.22. The van der Waals surface area contributed by atoms with E-state index in [4.69, 9.17) is 0 Å². The van der Waals surface area contributed by atoms with E-state index in [1.165, 1.54) is 16.6 Å². The minimum Gasteiger partial charge on any atom is -0.406 e. The molecule has 3 aromatic rings. The highest BCUT2D eigenvalue weighted by atomic mass is 19.4. The first kappa shape index (κ1) is 16.7. The van der Waals surface area contributed by atoms with Crippen molar-refractivity contribution < 1.29 is 22.7 Å². The maximum absolute atomic E-state index is 12.3. The molecule has 10 heteroatoms. The highest BCUT2D eigenvalue weighted by molar-refractivity contribution is 6.03. The van der Waals surface area contributed by atoms with E-state index in [0.29, 0.717) is 11.3 Å². The van der Waals surface area contributed by atoms with Gasteiger partial charge in [0.2, 0.25) is 0 Å². The zero-order valence-corrected chi connectivity index (χ0v) is 13.1. The monoisotopic (exact) mass is 351 g/mol. The number of amides is 1. The van der Waals surface area contributed by atoms with Crippen LogP contribution in [0.5, 0.6) is 5.75 Å². The smallest absolute Gasteiger partial charge is 0.406 e. The normalized spacial score (nSPS) is 11.6. The minimum absolute atomic E-state index is 0.0613. The lowest BCUT2D eigenvalue weighted by atomic mass is 10.2. The summed E-state index contributed by atoms with van der Waals surface area (Å²) in [5.41, 5.74) is 2.09. The van der Waals surface area contributed by atoms with Crippen LogP contribution in [0.25, 0.3) is 5.65 Å². The first-order valence-corrected chi connectivity index (χ1v) is 7.10. The molecule has 0 saturated heterocycles. The fourth-order valence-electron chi connectivity index (χ4n) is 2.22. The zero-order chi connectivity index (χ0) is 18.2. The van der Waals surface area contributed by atoms with Gasteiger partial charge in [0.05, 0.1) is 11.4 Å². The van der Waals surface area contributed by atoms with Gasteiger partial charge in [0.15, 0.2) is 11.3 Å². The Kier molecular flexibility index (Phi) is 4.03. The van der Waals surface area contributed by atoms with E-state index in [0.717, 1.165) is 17.8 Å². The molecule has 0 fully saturated rings. The van der Waals surface area contributed by atoms with E-state index in [1.807, 2.05) is 0 Å². The minimum atomic E-state index is -4.77. The number of hydrogen-bond acceptors (Lipinski definition) is 5. The van der Waals surface area contributed by atoms with Gasteiger partial charge >= 0.3 is 6.36 Å². The van der Waals surface area contributed by atoms with E-state index in [1.54, 1.807) is 19.9 Å². The fourth-order valence-corrected chi connectivity index (χ4v) is 2.22. The summed E-state index contributed by atoms with van der Waals surface area (Å²) in [5, 5.41) is 14.6. The van der Waals surface area contributed by atoms with Gasteiger partial charge in [-0.3, -0.25) is 4.79 Å². The number of fused-ring (bicyclic) bond motifs is 1. The number of nitrogens with one attached hydrogen (secondary N) is 1. The van der Waals surface area contributed by atoms with E-state index in [-0.39, 0.29) is 17.1 Å². The Bertz CT molecular complexity index is 935. The third-order valence-electron chi connectivity index (χ3n) is 3.29. The number of halogens is 3. The Labute approximate surface area is 139 Å². The molecule has 130 valence electrons. The van der Waals surface area contributed by atoms with Gasteiger partial charge in [0.25, 0.3) is 5.91 Å². The van der Waals surface area contributed by atoms with Crippen LogP contribution in [0.4, 0.5) is 18.9 Å². The van der Waals surface area contributed by atoms with Crippen molar-refractivity contribution in [2.75, 3.05) is 5.32 Å². The largest absolute Gasteiger partial charge is 0.573 e. The summed E-state index contributed by atoms with van der Waals surface area (Å²) < 4.78 is 41.7. The van der Waals surface area contributed by atoms with Gasteiger partial charge in [-0.2, -0.15) is 5.10 Å². The Morgan fingerprint density at radius 3 is 2.48 bits per heavy atom. The summed E-state index contributed by atoms with van der Waals surface area (Å²) in [6.07, 6.45) is -4.77. The average Bonchev–Trinajstić information content (AvgIpc) is 2.89. The van der Waals surface area contributed by atoms with Crippen molar-refractivity contribution in [2.45, 2.75) is 20.2 Å². The van der Waals surface area contributed by atoms with Crippen LogP contribution in [0.15, 0.2) is 30.3 Å². The number of aryl methyl sites for hydroxylation is 2. The van der Waals surface area contributed by atoms with E-state index >= 15 is 0 Å². The number of carbonyl (C=O) groups excluding carboxylic acids is 1. The number of hydrogen-bond donors (Lipinski definition) is 1. The standard InChI is InChI=1S/C15H12F3N5O2/c1-8-7-12-20-21-13(9(2)23(12)22-8)14(24)19-10-3-5-11(6-4-10)25-15(16,17)18/h3-7H,1-2H3,(H,19,24). The first-order chi connectivity index (χ1) is 11.7. The molecule has 0 bridgehead atoms. The maximum Gasteiger partial charge on any atom is 0.573 e. The van der Waals surface area contributed by atoms with Crippen LogP contribution >= 0.6 is 0 Å². The summed E-state index contributed by atoms with van der Waals surface area (Å²) in [6.45, 7) is 3.46. The Morgan fingerprint density at radius 1 is 1.16 bits per heavy atom. The molecule has 1 N–H and O–H groups in total. The van der Waals surface area contributed by atoms with Crippen molar-refractivity contribution in [1.29, 1.82) is 0 Å². The average molecular weight is 351 g/mol. The fraction of sp³-hybridized carbons (Fsp3) is 0.200. The summed E-state index contributed by atoms with van der Waals surface area (Å²) in [5.74, 6) is -0.931. The third-order valence-corrected chi connectivity index (χ3v) is 3.29. The molecular weight excluding hydrogens is 339 g/mol. The van der Waals surface area contributed by atoms with Crippen molar-refractivity contribution in [1.82, 2.24) is 19.8 Å². The molecule has 3 rings (SSSR count). The predicted octanol–water partition coefficient (Wildman–Crippen LogP) is 2.89. The van der Waals surface area contributed by atoms with Crippen molar-refractivity contribution in [3.05, 3.63) is 47.4 Å². The number of benzene rings is 1. The van der Waals surface area contributed by atoms with Crippen LogP contribution in [0.2, 0.25) is 0 Å². The van der Waals surface area contributed by atoms with Gasteiger partial charge in [-0.1, -0.05) is 0 Å². The molecule has 0 saturated carbocycles. The molecule has 0 aliphatic rings. The lowest BCUT2D eigenvalue weighted by molar-refractivity contribution is -0.274. The van der Waals surface area contributed by atoms with Gasteiger partial charge < -0.3 is 10.1 Å². The Balaban J connectivity index is 1.79. The third kappa shape index (κ3) is 3.67. The Hall–Kier alpha value is -3.17. The van der Waals surface area contributed by atoms with Gasteiger partial charge in [-0.25, -0.2) is 4.52 Å². The highest BCUT2D eigenvalue weighted by Gasteiger charge is 2.31. The zero-order valence-electron chi connectivity index (χ0n) is 13.1. The van der Waals surface area contributed by atoms with E-state index < -0.39 is 12.3 Å². The highest BCUT2D eigenvalue weighted by Crippen LogP contribution is 2.24. The van der Waals surface area contributed by atoms with Gasteiger partial charge in [-0.15, -0.1) is 23.4 Å². The molecule has 0 spiro atoms. The van der Waals surface area contributed by atoms with Crippen molar-refractivity contribution in [3.8, 4) is 5.75 Å². The van der Waals surface area contributed by atoms with Crippen LogP contribution < -0.4 is 10.1 Å². The number of aromatic nitrogens is 4. The van der Waals surface area contributed by atoms with Gasteiger partial charge in [-0.05, 0) is 38.1 Å².